The second-order valence-electron chi connectivity index (χ2n) is 3.43. The molecule has 0 aliphatic heterocycles. The number of hydrogen-bond acceptors (Lipinski definition) is 4. The van der Waals surface area contributed by atoms with E-state index in [0.717, 1.165) is 0 Å². The third-order valence-electron chi connectivity index (χ3n) is 2.31. The summed E-state index contributed by atoms with van der Waals surface area (Å²) in [4.78, 5) is 0. The van der Waals surface area contributed by atoms with Gasteiger partial charge in [0.2, 0.25) is 0 Å². The molecule has 0 saturated heterocycles. The molecule has 74 valence electrons. The SMILES string of the molecule is CCOCC1(C#N)CC1S(C)(=O)=O. The first-order valence-corrected chi connectivity index (χ1v) is 6.09. The Hall–Kier alpha value is -0.600. The fraction of sp³-hybridized carbons (Fsp3) is 0.875. The average Bonchev–Trinajstić information content (AvgIpc) is 2.76. The van der Waals surface area contributed by atoms with Crippen LogP contribution in [0.5, 0.6) is 0 Å². The van der Waals surface area contributed by atoms with Crippen LogP contribution in [0, 0.1) is 16.7 Å². The lowest BCUT2D eigenvalue weighted by atomic mass is 10.1. The van der Waals surface area contributed by atoms with Crippen LogP contribution >= 0.6 is 0 Å². The van der Waals surface area contributed by atoms with Crippen LogP contribution in [0.2, 0.25) is 0 Å². The Kier molecular flexibility index (Phi) is 2.64. The molecule has 0 N–H and O–H groups in total. The fourth-order valence-corrected chi connectivity index (χ4v) is 2.96. The Morgan fingerprint density at radius 3 is 2.62 bits per heavy atom. The van der Waals surface area contributed by atoms with Crippen LogP contribution in [0.25, 0.3) is 0 Å². The first kappa shape index (κ1) is 10.5. The Morgan fingerprint density at radius 1 is 1.69 bits per heavy atom. The van der Waals surface area contributed by atoms with Crippen LogP contribution in [0.3, 0.4) is 0 Å². The largest absolute Gasteiger partial charge is 0.380 e. The van der Waals surface area contributed by atoms with E-state index >= 15 is 0 Å². The van der Waals surface area contributed by atoms with Crippen molar-refractivity contribution >= 4 is 9.84 Å². The molecule has 1 aliphatic carbocycles. The van der Waals surface area contributed by atoms with Crippen LogP contribution in [-0.4, -0.2) is 33.1 Å². The predicted octanol–water partition coefficient (Wildman–Crippen LogP) is 0.350. The summed E-state index contributed by atoms with van der Waals surface area (Å²) in [7, 11) is -3.08. The molecule has 1 saturated carbocycles. The van der Waals surface area contributed by atoms with E-state index in [1.165, 1.54) is 6.26 Å². The van der Waals surface area contributed by atoms with Gasteiger partial charge in [0, 0.05) is 12.9 Å². The van der Waals surface area contributed by atoms with Crippen molar-refractivity contribution in [1.29, 1.82) is 5.26 Å². The second kappa shape index (κ2) is 3.28. The first-order chi connectivity index (χ1) is 5.96. The molecule has 1 rings (SSSR count). The van der Waals surface area contributed by atoms with Crippen molar-refractivity contribution in [1.82, 2.24) is 0 Å². The Balaban J connectivity index is 2.66. The number of sulfone groups is 1. The Bertz CT molecular complexity index is 330. The molecule has 13 heavy (non-hydrogen) atoms. The maximum absolute atomic E-state index is 11.1. The minimum absolute atomic E-state index is 0.234. The Labute approximate surface area is 78.4 Å². The molecule has 2 unspecified atom stereocenters. The number of rotatable bonds is 4. The summed E-state index contributed by atoms with van der Waals surface area (Å²) in [6, 6.07) is 2.04. The van der Waals surface area contributed by atoms with Crippen molar-refractivity contribution < 1.29 is 13.2 Å². The van der Waals surface area contributed by atoms with Gasteiger partial charge >= 0.3 is 0 Å². The third-order valence-corrected chi connectivity index (χ3v) is 3.96. The molecule has 0 amide bonds. The van der Waals surface area contributed by atoms with Gasteiger partial charge in [0.1, 0.15) is 0 Å². The first-order valence-electron chi connectivity index (χ1n) is 4.14. The molecule has 5 heteroatoms. The molecule has 0 aromatic rings. The summed E-state index contributed by atoms with van der Waals surface area (Å²) < 4.78 is 27.3. The number of nitriles is 1. The van der Waals surface area contributed by atoms with Gasteiger partial charge in [0.25, 0.3) is 0 Å². The van der Waals surface area contributed by atoms with E-state index < -0.39 is 20.5 Å². The summed E-state index contributed by atoms with van der Waals surface area (Å²) in [6.45, 7) is 2.57. The molecule has 0 spiro atoms. The van der Waals surface area contributed by atoms with Gasteiger partial charge in [-0.2, -0.15) is 5.26 Å². The van der Waals surface area contributed by atoms with E-state index in [2.05, 4.69) is 0 Å². The number of ether oxygens (including phenoxy) is 1. The maximum atomic E-state index is 11.1. The van der Waals surface area contributed by atoms with Crippen molar-refractivity contribution in [2.75, 3.05) is 19.5 Å². The quantitative estimate of drug-likeness (QED) is 0.661. The fourth-order valence-electron chi connectivity index (χ4n) is 1.42. The molecule has 2 atom stereocenters. The zero-order chi connectivity index (χ0) is 10.1. The maximum Gasteiger partial charge on any atom is 0.152 e. The van der Waals surface area contributed by atoms with E-state index in [4.69, 9.17) is 10.00 Å². The molecular weight excluding hydrogens is 190 g/mol. The summed E-state index contributed by atoms with van der Waals surface area (Å²) in [5, 5.41) is 8.31. The Morgan fingerprint density at radius 2 is 2.31 bits per heavy atom. The van der Waals surface area contributed by atoms with E-state index in [-0.39, 0.29) is 6.61 Å². The van der Waals surface area contributed by atoms with Gasteiger partial charge in [-0.15, -0.1) is 0 Å². The monoisotopic (exact) mass is 203 g/mol. The van der Waals surface area contributed by atoms with Gasteiger partial charge in [0.15, 0.2) is 9.84 Å². The summed E-state index contributed by atoms with van der Waals surface area (Å²) in [5.74, 6) is 0. The highest BCUT2D eigenvalue weighted by Gasteiger charge is 2.60. The lowest BCUT2D eigenvalue weighted by molar-refractivity contribution is 0.119. The van der Waals surface area contributed by atoms with Gasteiger partial charge in [-0.05, 0) is 13.3 Å². The van der Waals surface area contributed by atoms with Crippen molar-refractivity contribution in [2.45, 2.75) is 18.6 Å². The lowest BCUT2D eigenvalue weighted by Crippen LogP contribution is -2.18. The van der Waals surface area contributed by atoms with E-state index in [0.29, 0.717) is 13.0 Å². The van der Waals surface area contributed by atoms with Crippen molar-refractivity contribution in [3.8, 4) is 6.07 Å². The van der Waals surface area contributed by atoms with Crippen LogP contribution in [0.4, 0.5) is 0 Å². The van der Waals surface area contributed by atoms with Crippen molar-refractivity contribution in [3.63, 3.8) is 0 Å². The van der Waals surface area contributed by atoms with Crippen LogP contribution in [0.15, 0.2) is 0 Å². The molecule has 0 aromatic carbocycles. The second-order valence-corrected chi connectivity index (χ2v) is 5.66. The molecule has 4 nitrogen and oxygen atoms in total. The summed E-state index contributed by atoms with van der Waals surface area (Å²) in [5.41, 5.74) is -0.760. The highest BCUT2D eigenvalue weighted by molar-refractivity contribution is 7.91. The molecule has 0 radical (unpaired) electrons. The van der Waals surface area contributed by atoms with E-state index in [1.807, 2.05) is 13.0 Å². The van der Waals surface area contributed by atoms with Gasteiger partial charge < -0.3 is 4.74 Å². The summed E-state index contributed by atoms with van der Waals surface area (Å²) >= 11 is 0. The van der Waals surface area contributed by atoms with Gasteiger partial charge in [-0.3, -0.25) is 0 Å². The predicted molar refractivity (Wildman–Crippen MR) is 47.8 cm³/mol. The molecule has 0 heterocycles. The van der Waals surface area contributed by atoms with Crippen molar-refractivity contribution in [3.05, 3.63) is 0 Å². The standard InChI is InChI=1S/C8H13NO3S/c1-3-12-6-8(5-9)4-7(8)13(2,10)11/h7H,3-4,6H2,1-2H3. The zero-order valence-electron chi connectivity index (χ0n) is 7.78. The zero-order valence-corrected chi connectivity index (χ0v) is 8.60. The minimum atomic E-state index is -3.08. The van der Waals surface area contributed by atoms with E-state index in [1.54, 1.807) is 0 Å². The lowest BCUT2D eigenvalue weighted by Gasteiger charge is -2.06. The molecule has 1 fully saturated rings. The molecular formula is C8H13NO3S. The summed E-state index contributed by atoms with van der Waals surface area (Å²) in [6.07, 6.45) is 1.59. The van der Waals surface area contributed by atoms with Gasteiger partial charge in [-0.25, -0.2) is 8.42 Å². The van der Waals surface area contributed by atoms with Crippen molar-refractivity contribution in [2.24, 2.45) is 5.41 Å². The van der Waals surface area contributed by atoms with Crippen LogP contribution in [-0.2, 0) is 14.6 Å². The topological polar surface area (TPSA) is 67.2 Å². The van der Waals surface area contributed by atoms with E-state index in [9.17, 15) is 8.42 Å². The van der Waals surface area contributed by atoms with Gasteiger partial charge in [-0.1, -0.05) is 0 Å². The third kappa shape index (κ3) is 2.01. The molecule has 0 bridgehead atoms. The molecule has 0 aromatic heterocycles. The van der Waals surface area contributed by atoms with Gasteiger partial charge in [0.05, 0.1) is 23.3 Å². The number of nitrogens with zero attached hydrogens (tertiary/aromatic N) is 1. The highest BCUT2D eigenvalue weighted by Crippen LogP contribution is 2.50. The average molecular weight is 203 g/mol. The molecule has 1 aliphatic rings. The van der Waals surface area contributed by atoms with Crippen LogP contribution < -0.4 is 0 Å². The normalized spacial score (nSPS) is 32.5. The van der Waals surface area contributed by atoms with Crippen LogP contribution in [0.1, 0.15) is 13.3 Å². The smallest absolute Gasteiger partial charge is 0.152 e. The highest BCUT2D eigenvalue weighted by atomic mass is 32.2. The minimum Gasteiger partial charge on any atom is -0.380 e. The number of hydrogen-bond donors (Lipinski definition) is 0.